The lowest BCUT2D eigenvalue weighted by Crippen LogP contribution is -1.99. The van der Waals surface area contributed by atoms with E-state index in [2.05, 4.69) is 20.7 Å². The first-order valence-corrected chi connectivity index (χ1v) is 3.15. The van der Waals surface area contributed by atoms with Gasteiger partial charge in [0.25, 0.3) is 0 Å². The molecule has 0 aromatic heterocycles. The molecule has 0 aromatic carbocycles. The van der Waals surface area contributed by atoms with Crippen LogP contribution in [0.3, 0.4) is 0 Å². The first-order valence-electron chi connectivity index (χ1n) is 2.23. The Hall–Kier alpha value is -0.310. The number of esters is 1. The van der Waals surface area contributed by atoms with Crippen molar-refractivity contribution in [1.82, 2.24) is 0 Å². The van der Waals surface area contributed by atoms with Gasteiger partial charge in [-0.05, 0) is 28.9 Å². The van der Waals surface area contributed by atoms with E-state index in [9.17, 15) is 4.79 Å². The zero-order valence-electron chi connectivity index (χ0n) is 4.35. The molecular weight excluding hydrogens is 172 g/mol. The monoisotopic (exact) mass is 176 g/mol. The molecule has 0 bridgehead atoms. The zero-order chi connectivity index (χ0) is 6.15. The van der Waals surface area contributed by atoms with Gasteiger partial charge in [0.2, 0.25) is 0 Å². The maximum Gasteiger partial charge on any atom is 0.335 e. The highest BCUT2D eigenvalue weighted by atomic mass is 79.9. The summed E-state index contributed by atoms with van der Waals surface area (Å²) in [6.45, 7) is 1.73. The van der Waals surface area contributed by atoms with E-state index in [4.69, 9.17) is 0 Å². The van der Waals surface area contributed by atoms with Gasteiger partial charge in [0.1, 0.15) is 0 Å². The molecule has 1 heterocycles. The quantitative estimate of drug-likeness (QED) is 0.410. The Morgan fingerprint density at radius 2 is 2.50 bits per heavy atom. The number of carbonyl (C=O) groups excluding carboxylic acids is 1. The third-order valence-electron chi connectivity index (χ3n) is 0.923. The smallest absolute Gasteiger partial charge is 0.335 e. The highest BCUT2D eigenvalue weighted by Gasteiger charge is 2.18. The van der Waals surface area contributed by atoms with Crippen LogP contribution in [0.1, 0.15) is 6.92 Å². The van der Waals surface area contributed by atoms with Crippen LogP contribution in [-0.4, -0.2) is 11.0 Å². The number of halogens is 1. The molecule has 1 aliphatic rings. The molecule has 1 aliphatic heterocycles. The van der Waals surface area contributed by atoms with Gasteiger partial charge in [-0.1, -0.05) is 0 Å². The second-order valence-electron chi connectivity index (χ2n) is 1.61. The molecule has 0 aromatic rings. The van der Waals surface area contributed by atoms with Gasteiger partial charge in [0.15, 0.2) is 5.01 Å². The topological polar surface area (TPSA) is 26.3 Å². The summed E-state index contributed by atoms with van der Waals surface area (Å²) < 4.78 is 4.66. The third-order valence-corrected chi connectivity index (χ3v) is 1.37. The van der Waals surface area contributed by atoms with Crippen molar-refractivity contribution in [3.05, 3.63) is 11.6 Å². The fraction of sp³-hybridized carbons (Fsp3) is 0.400. The average molecular weight is 177 g/mol. The highest BCUT2D eigenvalue weighted by Crippen LogP contribution is 2.16. The van der Waals surface area contributed by atoms with E-state index in [1.54, 1.807) is 13.0 Å². The second-order valence-corrected chi connectivity index (χ2v) is 2.51. The zero-order valence-corrected chi connectivity index (χ0v) is 5.94. The van der Waals surface area contributed by atoms with E-state index >= 15 is 0 Å². The van der Waals surface area contributed by atoms with Gasteiger partial charge in [-0.3, -0.25) is 0 Å². The number of hydrogen-bond donors (Lipinski definition) is 0. The summed E-state index contributed by atoms with van der Waals surface area (Å²) in [5, 5.41) is -0.199. The Labute approximate surface area is 55.6 Å². The fourth-order valence-electron chi connectivity index (χ4n) is 0.494. The van der Waals surface area contributed by atoms with Gasteiger partial charge in [-0.2, -0.15) is 0 Å². The van der Waals surface area contributed by atoms with Gasteiger partial charge in [0.05, 0.1) is 0 Å². The number of alkyl halides is 1. The van der Waals surface area contributed by atoms with Crippen molar-refractivity contribution in [3.8, 4) is 0 Å². The normalized spacial score (nSPS) is 27.5. The molecule has 0 amide bonds. The van der Waals surface area contributed by atoms with Crippen LogP contribution in [0.25, 0.3) is 0 Å². The van der Waals surface area contributed by atoms with Crippen molar-refractivity contribution >= 4 is 21.9 Å². The molecule has 44 valence electrons. The summed E-state index contributed by atoms with van der Waals surface area (Å²) in [6, 6.07) is 0. The number of rotatable bonds is 0. The van der Waals surface area contributed by atoms with Crippen LogP contribution < -0.4 is 0 Å². The van der Waals surface area contributed by atoms with Gasteiger partial charge in [-0.25, -0.2) is 4.79 Å². The second kappa shape index (κ2) is 1.90. The standard InChI is InChI=1S/C5H5BrO2/c1-3-2-4(6)8-5(3)7/h2,4H,1H3/t4-/m0/s1. The van der Waals surface area contributed by atoms with Crippen LogP contribution in [0, 0.1) is 0 Å². The van der Waals surface area contributed by atoms with E-state index in [1.807, 2.05) is 0 Å². The van der Waals surface area contributed by atoms with Crippen LogP contribution >= 0.6 is 15.9 Å². The molecule has 1 atom stereocenters. The molecule has 0 radical (unpaired) electrons. The summed E-state index contributed by atoms with van der Waals surface area (Å²) in [4.78, 5) is 10.5. The van der Waals surface area contributed by atoms with Gasteiger partial charge in [0, 0.05) is 5.57 Å². The van der Waals surface area contributed by atoms with Crippen LogP contribution in [0.4, 0.5) is 0 Å². The Kier molecular flexibility index (Phi) is 1.38. The predicted molar refractivity (Wildman–Crippen MR) is 32.6 cm³/mol. The molecule has 3 heteroatoms. The molecule has 1 rings (SSSR count). The van der Waals surface area contributed by atoms with Crippen molar-refractivity contribution in [3.63, 3.8) is 0 Å². The molecule has 0 aliphatic carbocycles. The van der Waals surface area contributed by atoms with Crippen LogP contribution in [0.15, 0.2) is 11.6 Å². The minimum atomic E-state index is -0.230. The van der Waals surface area contributed by atoms with E-state index in [1.165, 1.54) is 0 Å². The SMILES string of the molecule is CC1=C[C@@H](Br)OC1=O. The lowest BCUT2D eigenvalue weighted by Gasteiger charge is -1.94. The van der Waals surface area contributed by atoms with Crippen molar-refractivity contribution in [2.24, 2.45) is 0 Å². The molecule has 0 unspecified atom stereocenters. The average Bonchev–Trinajstić information content (AvgIpc) is 1.85. The molecule has 0 N–H and O–H groups in total. The first-order chi connectivity index (χ1) is 3.70. The van der Waals surface area contributed by atoms with Crippen LogP contribution in [-0.2, 0) is 9.53 Å². The van der Waals surface area contributed by atoms with E-state index in [0.29, 0.717) is 5.57 Å². The summed E-state index contributed by atoms with van der Waals surface area (Å²) in [5.41, 5.74) is 0.673. The number of carbonyl (C=O) groups is 1. The van der Waals surface area contributed by atoms with Crippen LogP contribution in [0.2, 0.25) is 0 Å². The third kappa shape index (κ3) is 0.916. The molecule has 0 saturated heterocycles. The van der Waals surface area contributed by atoms with E-state index < -0.39 is 0 Å². The van der Waals surface area contributed by atoms with Gasteiger partial charge >= 0.3 is 5.97 Å². The highest BCUT2D eigenvalue weighted by molar-refractivity contribution is 9.09. The number of ether oxygens (including phenoxy) is 1. The Morgan fingerprint density at radius 3 is 2.62 bits per heavy atom. The van der Waals surface area contributed by atoms with E-state index in [0.717, 1.165) is 0 Å². The largest absolute Gasteiger partial charge is 0.443 e. The summed E-state index contributed by atoms with van der Waals surface area (Å²) in [7, 11) is 0. The van der Waals surface area contributed by atoms with Crippen molar-refractivity contribution in [2.45, 2.75) is 11.9 Å². The number of hydrogen-bond acceptors (Lipinski definition) is 2. The molecule has 2 nitrogen and oxygen atoms in total. The fourth-order valence-corrected chi connectivity index (χ4v) is 1.06. The first kappa shape index (κ1) is 5.82. The molecule has 0 saturated carbocycles. The minimum Gasteiger partial charge on any atom is -0.443 e. The lowest BCUT2D eigenvalue weighted by molar-refractivity contribution is -0.136. The number of cyclic esters (lactones) is 1. The Balaban J connectivity index is 2.73. The molecule has 0 spiro atoms. The molecule has 0 fully saturated rings. The summed E-state index contributed by atoms with van der Waals surface area (Å²) in [6.07, 6.45) is 1.72. The lowest BCUT2D eigenvalue weighted by atomic mass is 10.3. The van der Waals surface area contributed by atoms with Crippen molar-refractivity contribution in [1.29, 1.82) is 0 Å². The minimum absolute atomic E-state index is 0.199. The van der Waals surface area contributed by atoms with Crippen molar-refractivity contribution in [2.75, 3.05) is 0 Å². The van der Waals surface area contributed by atoms with Gasteiger partial charge in [-0.15, -0.1) is 0 Å². The summed E-state index contributed by atoms with van der Waals surface area (Å²) >= 11 is 3.10. The van der Waals surface area contributed by atoms with Crippen LogP contribution in [0.5, 0.6) is 0 Å². The van der Waals surface area contributed by atoms with Gasteiger partial charge < -0.3 is 4.74 Å². The maximum atomic E-state index is 10.5. The maximum absolute atomic E-state index is 10.5. The predicted octanol–water partition coefficient (Wildman–Crippen LogP) is 1.21. The molecular formula is C5H5BrO2. The Bertz CT molecular complexity index is 151. The van der Waals surface area contributed by atoms with Crippen molar-refractivity contribution < 1.29 is 9.53 Å². The molecule has 8 heavy (non-hydrogen) atoms. The summed E-state index contributed by atoms with van der Waals surface area (Å²) in [5.74, 6) is -0.230. The Morgan fingerprint density at radius 1 is 1.88 bits per heavy atom. The van der Waals surface area contributed by atoms with E-state index in [-0.39, 0.29) is 11.0 Å².